The van der Waals surface area contributed by atoms with Crippen molar-refractivity contribution in [3.8, 4) is 0 Å². The highest BCUT2D eigenvalue weighted by Gasteiger charge is 2.29. The van der Waals surface area contributed by atoms with Gasteiger partial charge in [-0.1, -0.05) is 23.4 Å². The Morgan fingerprint density at radius 2 is 2.25 bits per heavy atom. The van der Waals surface area contributed by atoms with Crippen LogP contribution in [0.25, 0.3) is 0 Å². The number of nitrogens with zero attached hydrogens (tertiary/aromatic N) is 2. The van der Waals surface area contributed by atoms with Crippen LogP contribution in [0.4, 0.5) is 5.69 Å². The van der Waals surface area contributed by atoms with E-state index in [1.165, 1.54) is 5.56 Å². The van der Waals surface area contributed by atoms with Crippen molar-refractivity contribution < 1.29 is 9.26 Å². The van der Waals surface area contributed by atoms with Crippen molar-refractivity contribution in [3.63, 3.8) is 0 Å². The fourth-order valence-electron chi connectivity index (χ4n) is 2.60. The van der Waals surface area contributed by atoms with Crippen LogP contribution in [-0.4, -0.2) is 28.3 Å². The number of rotatable bonds is 2. The van der Waals surface area contributed by atoms with Crippen LogP contribution in [0.2, 0.25) is 0 Å². The first-order valence-electron chi connectivity index (χ1n) is 6.77. The minimum absolute atomic E-state index is 0.0324. The van der Waals surface area contributed by atoms with E-state index in [2.05, 4.69) is 33.7 Å². The molecular formula is C14H15N3O2S. The van der Waals surface area contributed by atoms with Crippen LogP contribution in [0.15, 0.2) is 28.8 Å². The first-order chi connectivity index (χ1) is 9.90. The zero-order valence-corrected chi connectivity index (χ0v) is 11.7. The van der Waals surface area contributed by atoms with E-state index in [-0.39, 0.29) is 12.1 Å². The first kappa shape index (κ1) is 12.2. The molecule has 3 heterocycles. The molecule has 1 aromatic carbocycles. The molecule has 1 saturated heterocycles. The van der Waals surface area contributed by atoms with E-state index in [9.17, 15) is 0 Å². The van der Waals surface area contributed by atoms with Crippen LogP contribution < -0.4 is 5.32 Å². The summed E-state index contributed by atoms with van der Waals surface area (Å²) < 4.78 is 11.1. The van der Waals surface area contributed by atoms with Crippen molar-refractivity contribution in [2.24, 2.45) is 0 Å². The first-order valence-corrected chi connectivity index (χ1v) is 7.93. The summed E-state index contributed by atoms with van der Waals surface area (Å²) in [6, 6.07) is 8.36. The van der Waals surface area contributed by atoms with Crippen molar-refractivity contribution in [3.05, 3.63) is 41.5 Å². The minimum Gasteiger partial charge on any atom is -0.373 e. The fraction of sp³-hybridized carbons (Fsp3) is 0.429. The summed E-state index contributed by atoms with van der Waals surface area (Å²) in [5.41, 5.74) is 2.45. The standard InChI is InChI=1S/C14H15N3O2S/c1-2-4-10-9(3-1)7-11(15-10)14-16-13(17-19-14)12-8-20-6-5-18-12/h1-4,11-12,15H,5-8H2/t11-,12?/m0/s1. The van der Waals surface area contributed by atoms with Crippen molar-refractivity contribution in [2.75, 3.05) is 23.4 Å². The molecule has 0 aliphatic carbocycles. The van der Waals surface area contributed by atoms with Gasteiger partial charge in [-0.3, -0.25) is 0 Å². The molecule has 1 aromatic heterocycles. The molecule has 2 aromatic rings. The molecule has 6 heteroatoms. The molecule has 1 N–H and O–H groups in total. The Morgan fingerprint density at radius 3 is 3.10 bits per heavy atom. The molecule has 4 rings (SSSR count). The Labute approximate surface area is 121 Å². The number of anilines is 1. The van der Waals surface area contributed by atoms with E-state index >= 15 is 0 Å². The molecule has 1 unspecified atom stereocenters. The van der Waals surface area contributed by atoms with Gasteiger partial charge in [0.1, 0.15) is 12.1 Å². The van der Waals surface area contributed by atoms with Gasteiger partial charge in [0.05, 0.1) is 6.61 Å². The van der Waals surface area contributed by atoms with Gasteiger partial charge in [-0.2, -0.15) is 16.7 Å². The molecule has 0 bridgehead atoms. The van der Waals surface area contributed by atoms with Crippen LogP contribution in [0.1, 0.15) is 29.4 Å². The van der Waals surface area contributed by atoms with Crippen LogP contribution in [-0.2, 0) is 11.2 Å². The van der Waals surface area contributed by atoms with Crippen molar-refractivity contribution in [2.45, 2.75) is 18.6 Å². The molecule has 2 atom stereocenters. The topological polar surface area (TPSA) is 60.2 Å². The Morgan fingerprint density at radius 1 is 1.30 bits per heavy atom. The van der Waals surface area contributed by atoms with Gasteiger partial charge in [-0.05, 0) is 11.6 Å². The third-order valence-electron chi connectivity index (χ3n) is 3.63. The molecule has 5 nitrogen and oxygen atoms in total. The summed E-state index contributed by atoms with van der Waals surface area (Å²) in [5.74, 6) is 3.26. The third kappa shape index (κ3) is 2.19. The predicted molar refractivity (Wildman–Crippen MR) is 76.8 cm³/mol. The lowest BCUT2D eigenvalue weighted by molar-refractivity contribution is 0.0677. The number of nitrogens with one attached hydrogen (secondary N) is 1. The quantitative estimate of drug-likeness (QED) is 0.917. The van der Waals surface area contributed by atoms with Gasteiger partial charge in [0.2, 0.25) is 11.7 Å². The smallest absolute Gasteiger partial charge is 0.249 e. The summed E-state index contributed by atoms with van der Waals surface area (Å²) in [5, 5.41) is 7.51. The highest BCUT2D eigenvalue weighted by Crippen LogP contribution is 2.34. The maximum Gasteiger partial charge on any atom is 0.249 e. The van der Waals surface area contributed by atoms with Gasteiger partial charge >= 0.3 is 0 Å². The third-order valence-corrected chi connectivity index (χ3v) is 4.62. The largest absolute Gasteiger partial charge is 0.373 e. The summed E-state index contributed by atoms with van der Waals surface area (Å²) >= 11 is 1.87. The lowest BCUT2D eigenvalue weighted by atomic mass is 10.1. The number of hydrogen-bond donors (Lipinski definition) is 1. The summed E-state index contributed by atoms with van der Waals surface area (Å²) in [6.07, 6.45) is 0.855. The number of aromatic nitrogens is 2. The number of ether oxygens (including phenoxy) is 1. The van der Waals surface area contributed by atoms with Gasteiger partial charge in [0.15, 0.2) is 0 Å². The van der Waals surface area contributed by atoms with Gasteiger partial charge in [-0.25, -0.2) is 0 Å². The maximum absolute atomic E-state index is 5.68. The van der Waals surface area contributed by atoms with E-state index in [1.54, 1.807) is 0 Å². The maximum atomic E-state index is 5.68. The van der Waals surface area contributed by atoms with E-state index in [0.29, 0.717) is 11.7 Å². The molecular weight excluding hydrogens is 274 g/mol. The van der Waals surface area contributed by atoms with Gasteiger partial charge < -0.3 is 14.6 Å². The molecule has 0 spiro atoms. The van der Waals surface area contributed by atoms with Crippen LogP contribution in [0, 0.1) is 0 Å². The van der Waals surface area contributed by atoms with Crippen LogP contribution in [0.5, 0.6) is 0 Å². The second kappa shape index (κ2) is 5.10. The Bertz CT molecular complexity index is 585. The molecule has 1 fully saturated rings. The number of fused-ring (bicyclic) bond motifs is 1. The van der Waals surface area contributed by atoms with E-state index in [0.717, 1.165) is 30.2 Å². The Balaban J connectivity index is 1.52. The summed E-state index contributed by atoms with van der Waals surface area (Å²) in [4.78, 5) is 4.52. The van der Waals surface area contributed by atoms with Crippen molar-refractivity contribution >= 4 is 17.4 Å². The predicted octanol–water partition coefficient (Wildman–Crippen LogP) is 2.58. The molecule has 0 amide bonds. The average Bonchev–Trinajstić information content (AvgIpc) is 3.14. The van der Waals surface area contributed by atoms with Gasteiger partial charge in [-0.15, -0.1) is 0 Å². The highest BCUT2D eigenvalue weighted by atomic mass is 32.2. The Kier molecular flexibility index (Phi) is 3.12. The highest BCUT2D eigenvalue weighted by molar-refractivity contribution is 7.99. The van der Waals surface area contributed by atoms with E-state index in [4.69, 9.17) is 9.26 Å². The van der Waals surface area contributed by atoms with Crippen LogP contribution in [0.3, 0.4) is 0 Å². The van der Waals surface area contributed by atoms with Crippen molar-refractivity contribution in [1.29, 1.82) is 0 Å². The van der Waals surface area contributed by atoms with E-state index < -0.39 is 0 Å². The monoisotopic (exact) mass is 289 g/mol. The Hall–Kier alpha value is -1.53. The SMILES string of the molecule is c1ccc2c(c1)C[C@@H](c1nc(C3CSCCO3)no1)N2. The molecule has 0 radical (unpaired) electrons. The van der Waals surface area contributed by atoms with Gasteiger partial charge in [0.25, 0.3) is 0 Å². The van der Waals surface area contributed by atoms with Crippen LogP contribution >= 0.6 is 11.8 Å². The summed E-state index contributed by atoms with van der Waals surface area (Å²) in [7, 11) is 0. The lowest BCUT2D eigenvalue weighted by Crippen LogP contribution is -2.17. The molecule has 0 saturated carbocycles. The normalized spacial score (nSPS) is 25.2. The van der Waals surface area contributed by atoms with E-state index in [1.807, 2.05) is 17.8 Å². The number of para-hydroxylation sites is 1. The molecule has 2 aliphatic heterocycles. The zero-order chi connectivity index (χ0) is 13.4. The molecule has 2 aliphatic rings. The fourth-order valence-corrected chi connectivity index (χ4v) is 3.44. The molecule has 104 valence electrons. The summed E-state index contributed by atoms with van der Waals surface area (Å²) in [6.45, 7) is 0.756. The second-order valence-electron chi connectivity index (χ2n) is 4.98. The number of benzene rings is 1. The minimum atomic E-state index is -0.0324. The van der Waals surface area contributed by atoms with Gasteiger partial charge in [0, 0.05) is 23.6 Å². The second-order valence-corrected chi connectivity index (χ2v) is 6.13. The number of hydrogen-bond acceptors (Lipinski definition) is 6. The number of thioether (sulfide) groups is 1. The molecule has 20 heavy (non-hydrogen) atoms. The van der Waals surface area contributed by atoms with Crippen molar-refractivity contribution in [1.82, 2.24) is 10.1 Å². The average molecular weight is 289 g/mol. The zero-order valence-electron chi connectivity index (χ0n) is 10.9. The lowest BCUT2D eigenvalue weighted by Gasteiger charge is -2.18.